The van der Waals surface area contributed by atoms with Gasteiger partial charge < -0.3 is 5.32 Å². The number of carbonyl (C=O) groups excluding carboxylic acids is 1. The standard InChI is InChI=1S/C10H9BrF4N2O3S/c11-8-6(9(18)17-2-1-10(13,14)15)3-5(12)4-7(8)21(16,19)20/h3-4H,1-2H2,(H,17,18)(H2,16,19,20). The normalized spacial score (nSPS) is 12.3. The number of alkyl halides is 3. The number of benzene rings is 1. The maximum Gasteiger partial charge on any atom is 0.390 e. The van der Waals surface area contributed by atoms with Gasteiger partial charge in [-0.05, 0) is 28.1 Å². The van der Waals surface area contributed by atoms with Crippen LogP contribution in [0, 0.1) is 5.82 Å². The Hall–Kier alpha value is -1.20. The Kier molecular flexibility index (Phi) is 5.34. The van der Waals surface area contributed by atoms with Crippen LogP contribution in [-0.4, -0.2) is 27.0 Å². The topological polar surface area (TPSA) is 89.3 Å². The lowest BCUT2D eigenvalue weighted by molar-refractivity contribution is -0.132. The van der Waals surface area contributed by atoms with E-state index in [-0.39, 0.29) is 4.47 Å². The predicted octanol–water partition coefficient (Wildman–Crippen LogP) is 1.92. The molecule has 5 nitrogen and oxygen atoms in total. The number of sulfonamides is 1. The van der Waals surface area contributed by atoms with Gasteiger partial charge in [0.15, 0.2) is 0 Å². The molecule has 0 radical (unpaired) electrons. The van der Waals surface area contributed by atoms with E-state index in [1.807, 2.05) is 5.32 Å². The molecule has 0 unspecified atom stereocenters. The van der Waals surface area contributed by atoms with E-state index in [1.165, 1.54) is 0 Å². The Morgan fingerprint density at radius 2 is 1.90 bits per heavy atom. The molecule has 0 aromatic heterocycles. The number of hydrogen-bond acceptors (Lipinski definition) is 3. The number of halogens is 5. The molecular formula is C10H9BrF4N2O3S. The number of nitrogens with one attached hydrogen (secondary N) is 1. The molecule has 118 valence electrons. The van der Waals surface area contributed by atoms with Crippen molar-refractivity contribution in [2.45, 2.75) is 17.5 Å². The lowest BCUT2D eigenvalue weighted by Crippen LogP contribution is -2.28. The summed E-state index contributed by atoms with van der Waals surface area (Å²) in [5.74, 6) is -2.13. The van der Waals surface area contributed by atoms with Crippen molar-refractivity contribution in [3.8, 4) is 0 Å². The van der Waals surface area contributed by atoms with E-state index in [0.29, 0.717) is 12.1 Å². The first-order chi connectivity index (χ1) is 9.42. The number of nitrogens with two attached hydrogens (primary N) is 1. The van der Waals surface area contributed by atoms with Gasteiger partial charge in [-0.1, -0.05) is 0 Å². The van der Waals surface area contributed by atoms with E-state index in [0.717, 1.165) is 0 Å². The van der Waals surface area contributed by atoms with Crippen molar-refractivity contribution in [1.29, 1.82) is 0 Å². The molecule has 0 spiro atoms. The molecule has 1 aromatic rings. The second-order valence-corrected chi connectivity index (χ2v) is 6.25. The van der Waals surface area contributed by atoms with Crippen LogP contribution in [0.5, 0.6) is 0 Å². The van der Waals surface area contributed by atoms with Crippen molar-refractivity contribution in [3.63, 3.8) is 0 Å². The van der Waals surface area contributed by atoms with Crippen LogP contribution >= 0.6 is 15.9 Å². The molecule has 0 heterocycles. The highest BCUT2D eigenvalue weighted by atomic mass is 79.9. The quantitative estimate of drug-likeness (QED) is 0.767. The largest absolute Gasteiger partial charge is 0.390 e. The van der Waals surface area contributed by atoms with Crippen molar-refractivity contribution in [3.05, 3.63) is 28.0 Å². The van der Waals surface area contributed by atoms with E-state index in [1.54, 1.807) is 0 Å². The van der Waals surface area contributed by atoms with Crippen molar-refractivity contribution in [1.82, 2.24) is 5.32 Å². The molecule has 0 aliphatic heterocycles. The molecule has 0 aliphatic carbocycles. The van der Waals surface area contributed by atoms with Crippen molar-refractivity contribution >= 4 is 31.9 Å². The number of amides is 1. The van der Waals surface area contributed by atoms with Crippen LogP contribution in [0.25, 0.3) is 0 Å². The molecule has 1 amide bonds. The molecule has 0 saturated carbocycles. The Morgan fingerprint density at radius 1 is 1.33 bits per heavy atom. The Bertz CT molecular complexity index is 661. The van der Waals surface area contributed by atoms with Gasteiger partial charge in [-0.3, -0.25) is 4.79 Å². The van der Waals surface area contributed by atoms with Crippen molar-refractivity contribution in [2.75, 3.05) is 6.54 Å². The van der Waals surface area contributed by atoms with Crippen LogP contribution in [0.1, 0.15) is 16.8 Å². The monoisotopic (exact) mass is 392 g/mol. The number of primary sulfonamides is 1. The zero-order chi connectivity index (χ0) is 16.4. The molecular weight excluding hydrogens is 384 g/mol. The minimum atomic E-state index is -4.46. The summed E-state index contributed by atoms with van der Waals surface area (Å²) in [6, 6.07) is 1.27. The van der Waals surface area contributed by atoms with Crippen molar-refractivity contribution in [2.24, 2.45) is 5.14 Å². The van der Waals surface area contributed by atoms with Gasteiger partial charge in [0.25, 0.3) is 5.91 Å². The number of carbonyl (C=O) groups is 1. The number of hydrogen-bond donors (Lipinski definition) is 2. The molecule has 0 aliphatic rings. The molecule has 0 saturated heterocycles. The predicted molar refractivity (Wildman–Crippen MR) is 68.5 cm³/mol. The summed E-state index contributed by atoms with van der Waals surface area (Å²) in [6.45, 7) is -0.726. The van der Waals surface area contributed by atoms with Gasteiger partial charge in [-0.15, -0.1) is 0 Å². The van der Waals surface area contributed by atoms with Crippen LogP contribution in [-0.2, 0) is 10.0 Å². The molecule has 1 rings (SSSR count). The third-order valence-electron chi connectivity index (χ3n) is 2.25. The summed E-state index contributed by atoms with van der Waals surface area (Å²) in [5.41, 5.74) is -0.471. The van der Waals surface area contributed by atoms with E-state index in [2.05, 4.69) is 15.9 Å². The fraction of sp³-hybridized carbons (Fsp3) is 0.300. The molecule has 1 aromatic carbocycles. The Labute approximate surface area is 125 Å². The summed E-state index contributed by atoms with van der Waals surface area (Å²) in [7, 11) is -4.30. The first-order valence-electron chi connectivity index (χ1n) is 5.28. The SMILES string of the molecule is NS(=O)(=O)c1cc(F)cc(C(=O)NCCC(F)(F)F)c1Br. The van der Waals surface area contributed by atoms with Gasteiger partial charge in [0, 0.05) is 6.54 Å². The lowest BCUT2D eigenvalue weighted by atomic mass is 10.2. The fourth-order valence-corrected chi connectivity index (χ4v) is 3.07. The molecule has 3 N–H and O–H groups in total. The first-order valence-corrected chi connectivity index (χ1v) is 7.62. The Morgan fingerprint density at radius 3 is 2.38 bits per heavy atom. The van der Waals surface area contributed by atoms with E-state index >= 15 is 0 Å². The maximum atomic E-state index is 13.3. The van der Waals surface area contributed by atoms with E-state index in [9.17, 15) is 30.8 Å². The van der Waals surface area contributed by atoms with E-state index < -0.39 is 51.3 Å². The van der Waals surface area contributed by atoms with Gasteiger partial charge in [0.1, 0.15) is 5.82 Å². The van der Waals surface area contributed by atoms with Crippen molar-refractivity contribution < 1.29 is 30.8 Å². The third-order valence-corrected chi connectivity index (χ3v) is 4.30. The van der Waals surface area contributed by atoms with Gasteiger partial charge in [-0.25, -0.2) is 17.9 Å². The zero-order valence-corrected chi connectivity index (χ0v) is 12.6. The Balaban J connectivity index is 3.03. The first kappa shape index (κ1) is 17.9. The van der Waals surface area contributed by atoms with Gasteiger partial charge in [-0.2, -0.15) is 13.2 Å². The summed E-state index contributed by atoms with van der Waals surface area (Å²) in [6.07, 6.45) is -5.73. The molecule has 11 heteroatoms. The molecule has 0 bridgehead atoms. The van der Waals surface area contributed by atoms with E-state index in [4.69, 9.17) is 5.14 Å². The maximum absolute atomic E-state index is 13.3. The highest BCUT2D eigenvalue weighted by Gasteiger charge is 2.27. The zero-order valence-electron chi connectivity index (χ0n) is 10.2. The van der Waals surface area contributed by atoms with Crippen LogP contribution in [0.3, 0.4) is 0 Å². The molecule has 0 atom stereocenters. The fourth-order valence-electron chi connectivity index (χ4n) is 1.35. The summed E-state index contributed by atoms with van der Waals surface area (Å²) < 4.78 is 71.3. The minimum Gasteiger partial charge on any atom is -0.352 e. The highest BCUT2D eigenvalue weighted by molar-refractivity contribution is 9.10. The van der Waals surface area contributed by atoms with Gasteiger partial charge in [0.2, 0.25) is 10.0 Å². The van der Waals surface area contributed by atoms with Crippen LogP contribution in [0.2, 0.25) is 0 Å². The average molecular weight is 393 g/mol. The average Bonchev–Trinajstić information content (AvgIpc) is 2.28. The van der Waals surface area contributed by atoms with Gasteiger partial charge in [0.05, 0.1) is 21.4 Å². The highest BCUT2D eigenvalue weighted by Crippen LogP contribution is 2.26. The molecule has 21 heavy (non-hydrogen) atoms. The summed E-state index contributed by atoms with van der Waals surface area (Å²) in [5, 5.41) is 6.76. The van der Waals surface area contributed by atoms with Gasteiger partial charge >= 0.3 is 6.18 Å². The third kappa shape index (κ3) is 5.25. The number of rotatable bonds is 4. The van der Waals surface area contributed by atoms with Crippen LogP contribution < -0.4 is 10.5 Å². The van der Waals surface area contributed by atoms with Crippen LogP contribution in [0.4, 0.5) is 17.6 Å². The second kappa shape index (κ2) is 6.28. The lowest BCUT2D eigenvalue weighted by Gasteiger charge is -2.11. The smallest absolute Gasteiger partial charge is 0.352 e. The van der Waals surface area contributed by atoms with Crippen LogP contribution in [0.15, 0.2) is 21.5 Å². The summed E-state index contributed by atoms with van der Waals surface area (Å²) >= 11 is 2.77. The second-order valence-electron chi connectivity index (χ2n) is 3.93. The minimum absolute atomic E-state index is 0.323. The molecule has 0 fully saturated rings. The summed E-state index contributed by atoms with van der Waals surface area (Å²) in [4.78, 5) is 11.0.